The van der Waals surface area contributed by atoms with Gasteiger partial charge in [0.1, 0.15) is 11.5 Å². The molecule has 0 bridgehead atoms. The van der Waals surface area contributed by atoms with Crippen LogP contribution in [-0.4, -0.2) is 43.2 Å². The lowest BCUT2D eigenvalue weighted by molar-refractivity contribution is 0.0673. The zero-order valence-corrected chi connectivity index (χ0v) is 15.1. The average Bonchev–Trinajstić information content (AvgIpc) is 3.07. The van der Waals surface area contributed by atoms with E-state index in [0.717, 1.165) is 50.4 Å². The van der Waals surface area contributed by atoms with Gasteiger partial charge in [-0.15, -0.1) is 0 Å². The monoisotopic (exact) mass is 329 g/mol. The molecule has 0 spiro atoms. The standard InChI is InChI=1S/C18H27N5O/c1-13-11-17(21(4)20-13)18(24)22-8-5-16(6-9-22)7-10-23-14(2)12-19-15(23)3/h11-12,16H,5-10H2,1-4H3. The molecule has 24 heavy (non-hydrogen) atoms. The predicted molar refractivity (Wildman–Crippen MR) is 92.9 cm³/mol. The molecule has 0 radical (unpaired) electrons. The van der Waals surface area contributed by atoms with Crippen molar-refractivity contribution in [3.63, 3.8) is 0 Å². The van der Waals surface area contributed by atoms with Gasteiger partial charge in [0.25, 0.3) is 5.91 Å². The van der Waals surface area contributed by atoms with E-state index in [2.05, 4.69) is 28.5 Å². The lowest BCUT2D eigenvalue weighted by Crippen LogP contribution is -2.39. The zero-order chi connectivity index (χ0) is 17.3. The van der Waals surface area contributed by atoms with Crippen LogP contribution >= 0.6 is 0 Å². The van der Waals surface area contributed by atoms with Crippen LogP contribution in [0.4, 0.5) is 0 Å². The Kier molecular flexibility index (Phi) is 4.73. The number of carbonyl (C=O) groups excluding carboxylic acids is 1. The summed E-state index contributed by atoms with van der Waals surface area (Å²) >= 11 is 0. The highest BCUT2D eigenvalue weighted by Gasteiger charge is 2.25. The number of imidazole rings is 1. The van der Waals surface area contributed by atoms with Crippen molar-refractivity contribution in [3.8, 4) is 0 Å². The SMILES string of the molecule is Cc1cc(C(=O)N2CCC(CCn3c(C)cnc3C)CC2)n(C)n1. The molecular weight excluding hydrogens is 302 g/mol. The number of hydrogen-bond acceptors (Lipinski definition) is 3. The molecule has 3 heterocycles. The maximum atomic E-state index is 12.6. The number of aryl methyl sites for hydroxylation is 4. The van der Waals surface area contributed by atoms with Gasteiger partial charge in [0.05, 0.1) is 5.69 Å². The molecule has 0 unspecified atom stereocenters. The van der Waals surface area contributed by atoms with E-state index in [1.807, 2.05) is 31.1 Å². The van der Waals surface area contributed by atoms with Gasteiger partial charge in [0.2, 0.25) is 0 Å². The molecule has 1 aliphatic rings. The molecule has 0 N–H and O–H groups in total. The lowest BCUT2D eigenvalue weighted by Gasteiger charge is -2.32. The molecule has 1 aliphatic heterocycles. The minimum atomic E-state index is 0.109. The second kappa shape index (κ2) is 6.79. The third kappa shape index (κ3) is 3.37. The fraction of sp³-hybridized carbons (Fsp3) is 0.611. The zero-order valence-electron chi connectivity index (χ0n) is 15.1. The summed E-state index contributed by atoms with van der Waals surface area (Å²) in [5.41, 5.74) is 2.81. The van der Waals surface area contributed by atoms with E-state index < -0.39 is 0 Å². The third-order valence-electron chi connectivity index (χ3n) is 5.14. The van der Waals surface area contributed by atoms with E-state index in [4.69, 9.17) is 0 Å². The number of carbonyl (C=O) groups is 1. The Labute approximate surface area is 143 Å². The molecule has 2 aromatic heterocycles. The summed E-state index contributed by atoms with van der Waals surface area (Å²) in [7, 11) is 1.84. The highest BCUT2D eigenvalue weighted by molar-refractivity contribution is 5.92. The first-order chi connectivity index (χ1) is 11.5. The molecule has 3 rings (SSSR count). The van der Waals surface area contributed by atoms with Gasteiger partial charge in [0, 0.05) is 38.6 Å². The summed E-state index contributed by atoms with van der Waals surface area (Å²) in [5.74, 6) is 1.88. The van der Waals surface area contributed by atoms with Crippen LogP contribution in [-0.2, 0) is 13.6 Å². The summed E-state index contributed by atoms with van der Waals surface area (Å²) in [6, 6.07) is 1.87. The summed E-state index contributed by atoms with van der Waals surface area (Å²) in [6.07, 6.45) is 5.25. The predicted octanol–water partition coefficient (Wildman–Crippen LogP) is 2.48. The van der Waals surface area contributed by atoms with Gasteiger partial charge in [-0.05, 0) is 52.0 Å². The molecular formula is C18H27N5O. The number of hydrogen-bond donors (Lipinski definition) is 0. The van der Waals surface area contributed by atoms with E-state index >= 15 is 0 Å². The van der Waals surface area contributed by atoms with Crippen molar-refractivity contribution < 1.29 is 4.79 Å². The van der Waals surface area contributed by atoms with Crippen molar-refractivity contribution in [2.45, 2.75) is 46.6 Å². The molecule has 1 fully saturated rings. The molecule has 6 heteroatoms. The van der Waals surface area contributed by atoms with Gasteiger partial charge in [-0.1, -0.05) is 0 Å². The molecule has 130 valence electrons. The first-order valence-corrected chi connectivity index (χ1v) is 8.74. The van der Waals surface area contributed by atoms with Crippen LogP contribution in [0.3, 0.4) is 0 Å². The topological polar surface area (TPSA) is 56.0 Å². The Hall–Kier alpha value is -2.11. The van der Waals surface area contributed by atoms with Crippen LogP contribution in [0, 0.1) is 26.7 Å². The summed E-state index contributed by atoms with van der Waals surface area (Å²) in [4.78, 5) is 19.0. The van der Waals surface area contributed by atoms with Gasteiger partial charge in [0.15, 0.2) is 0 Å². The van der Waals surface area contributed by atoms with Crippen molar-refractivity contribution in [1.82, 2.24) is 24.2 Å². The second-order valence-corrected chi connectivity index (χ2v) is 6.92. The van der Waals surface area contributed by atoms with E-state index in [-0.39, 0.29) is 5.91 Å². The first kappa shape index (κ1) is 16.7. The van der Waals surface area contributed by atoms with Crippen molar-refractivity contribution in [2.24, 2.45) is 13.0 Å². The van der Waals surface area contributed by atoms with E-state index in [1.54, 1.807) is 4.68 Å². The smallest absolute Gasteiger partial charge is 0.272 e. The number of likely N-dealkylation sites (tertiary alicyclic amines) is 1. The number of aromatic nitrogens is 4. The highest BCUT2D eigenvalue weighted by atomic mass is 16.2. The number of amides is 1. The van der Waals surface area contributed by atoms with Gasteiger partial charge >= 0.3 is 0 Å². The van der Waals surface area contributed by atoms with Crippen molar-refractivity contribution in [2.75, 3.05) is 13.1 Å². The van der Waals surface area contributed by atoms with E-state index in [1.165, 1.54) is 5.69 Å². The highest BCUT2D eigenvalue weighted by Crippen LogP contribution is 2.23. The quantitative estimate of drug-likeness (QED) is 0.866. The Balaban J connectivity index is 1.52. The van der Waals surface area contributed by atoms with Gasteiger partial charge in [-0.3, -0.25) is 9.48 Å². The van der Waals surface area contributed by atoms with Gasteiger partial charge in [-0.25, -0.2) is 4.98 Å². The fourth-order valence-electron chi connectivity index (χ4n) is 3.63. The minimum absolute atomic E-state index is 0.109. The van der Waals surface area contributed by atoms with Crippen molar-refractivity contribution in [3.05, 3.63) is 35.2 Å². The van der Waals surface area contributed by atoms with Crippen LogP contribution < -0.4 is 0 Å². The van der Waals surface area contributed by atoms with Gasteiger partial charge < -0.3 is 9.47 Å². The lowest BCUT2D eigenvalue weighted by atomic mass is 9.93. The first-order valence-electron chi connectivity index (χ1n) is 8.74. The third-order valence-corrected chi connectivity index (χ3v) is 5.14. The summed E-state index contributed by atoms with van der Waals surface area (Å²) in [5, 5.41) is 4.28. The summed E-state index contributed by atoms with van der Waals surface area (Å²) in [6.45, 7) is 8.80. The van der Waals surface area contributed by atoms with Crippen LogP contribution in [0.15, 0.2) is 12.3 Å². The second-order valence-electron chi connectivity index (χ2n) is 6.92. The Morgan fingerprint density at radius 2 is 1.96 bits per heavy atom. The van der Waals surface area contributed by atoms with Gasteiger partial charge in [-0.2, -0.15) is 5.10 Å². The molecule has 0 aliphatic carbocycles. The molecule has 1 amide bonds. The molecule has 6 nitrogen and oxygen atoms in total. The van der Waals surface area contributed by atoms with Crippen molar-refractivity contribution >= 4 is 5.91 Å². The van der Waals surface area contributed by atoms with E-state index in [9.17, 15) is 4.79 Å². The number of rotatable bonds is 4. The van der Waals surface area contributed by atoms with Crippen LogP contribution in [0.2, 0.25) is 0 Å². The number of piperidine rings is 1. The Morgan fingerprint density at radius 1 is 1.25 bits per heavy atom. The van der Waals surface area contributed by atoms with Crippen molar-refractivity contribution in [1.29, 1.82) is 0 Å². The van der Waals surface area contributed by atoms with Crippen LogP contribution in [0.25, 0.3) is 0 Å². The molecule has 2 aromatic rings. The molecule has 0 atom stereocenters. The average molecular weight is 329 g/mol. The maximum Gasteiger partial charge on any atom is 0.272 e. The fourth-order valence-corrected chi connectivity index (χ4v) is 3.63. The Morgan fingerprint density at radius 3 is 2.50 bits per heavy atom. The molecule has 0 saturated carbocycles. The molecule has 0 aromatic carbocycles. The van der Waals surface area contributed by atoms with E-state index in [0.29, 0.717) is 11.6 Å². The minimum Gasteiger partial charge on any atom is -0.337 e. The largest absolute Gasteiger partial charge is 0.337 e. The van der Waals surface area contributed by atoms with Crippen LogP contribution in [0.1, 0.15) is 47.0 Å². The maximum absolute atomic E-state index is 12.6. The normalized spacial score (nSPS) is 15.9. The Bertz CT molecular complexity index is 702. The van der Waals surface area contributed by atoms with Crippen LogP contribution in [0.5, 0.6) is 0 Å². The summed E-state index contributed by atoms with van der Waals surface area (Å²) < 4.78 is 3.98. The number of nitrogens with zero attached hydrogens (tertiary/aromatic N) is 5. The molecule has 1 saturated heterocycles.